The number of hydrogen-bond acceptors (Lipinski definition) is 3. The summed E-state index contributed by atoms with van der Waals surface area (Å²) < 4.78 is 1.84. The maximum Gasteiger partial charge on any atom is 0.245 e. The van der Waals surface area contributed by atoms with E-state index in [9.17, 15) is 9.59 Å². The van der Waals surface area contributed by atoms with Crippen LogP contribution < -0.4 is 10.7 Å². The van der Waals surface area contributed by atoms with E-state index < -0.39 is 0 Å². The lowest BCUT2D eigenvalue weighted by Gasteiger charge is -2.26. The van der Waals surface area contributed by atoms with Crippen molar-refractivity contribution in [2.75, 3.05) is 26.2 Å². The molecule has 2 heterocycles. The van der Waals surface area contributed by atoms with Gasteiger partial charge in [0, 0.05) is 44.2 Å². The van der Waals surface area contributed by atoms with E-state index in [0.29, 0.717) is 0 Å². The van der Waals surface area contributed by atoms with Crippen LogP contribution in [0.1, 0.15) is 25.8 Å². The molecule has 1 aromatic heterocycles. The van der Waals surface area contributed by atoms with E-state index in [1.165, 1.54) is 12.1 Å². The topological polar surface area (TPSA) is 54.3 Å². The van der Waals surface area contributed by atoms with Crippen LogP contribution in [0.5, 0.6) is 0 Å². The smallest absolute Gasteiger partial charge is 0.245 e. The van der Waals surface area contributed by atoms with Crippen molar-refractivity contribution in [1.82, 2.24) is 14.8 Å². The first-order chi connectivity index (χ1) is 9.22. The van der Waals surface area contributed by atoms with Gasteiger partial charge >= 0.3 is 0 Å². The third-order valence-corrected chi connectivity index (χ3v) is 3.51. The summed E-state index contributed by atoms with van der Waals surface area (Å²) in [5.41, 5.74) is -0.0301. The number of nitrogens with one attached hydrogen (secondary N) is 1. The summed E-state index contributed by atoms with van der Waals surface area (Å²) in [5, 5.41) is 3.29. The molecule has 5 heteroatoms. The minimum atomic E-state index is -0.210. The minimum Gasteiger partial charge on any atom is -0.342 e. The third-order valence-electron chi connectivity index (χ3n) is 3.51. The highest BCUT2D eigenvalue weighted by atomic mass is 16.2. The molecule has 1 aromatic rings. The fourth-order valence-corrected chi connectivity index (χ4v) is 2.42. The van der Waals surface area contributed by atoms with E-state index in [0.717, 1.165) is 39.0 Å². The second-order valence-electron chi connectivity index (χ2n) is 4.83. The van der Waals surface area contributed by atoms with Gasteiger partial charge in [0.2, 0.25) is 5.91 Å². The number of nitrogens with zero attached hydrogens (tertiary/aromatic N) is 2. The van der Waals surface area contributed by atoms with Crippen molar-refractivity contribution in [3.63, 3.8) is 0 Å². The van der Waals surface area contributed by atoms with Crippen LogP contribution in [0.2, 0.25) is 0 Å². The van der Waals surface area contributed by atoms with Crippen molar-refractivity contribution in [1.29, 1.82) is 0 Å². The van der Waals surface area contributed by atoms with Crippen LogP contribution in [0, 0.1) is 0 Å². The van der Waals surface area contributed by atoms with Gasteiger partial charge in [-0.3, -0.25) is 9.59 Å². The molecule has 0 aliphatic carbocycles. The zero-order chi connectivity index (χ0) is 13.7. The first-order valence-electron chi connectivity index (χ1n) is 6.89. The zero-order valence-electron chi connectivity index (χ0n) is 11.3. The molecule has 1 atom stereocenters. The Labute approximate surface area is 113 Å². The summed E-state index contributed by atoms with van der Waals surface area (Å²) in [6.07, 6.45) is 5.12. The van der Waals surface area contributed by atoms with Gasteiger partial charge in [-0.05, 0) is 19.4 Å². The molecule has 104 valence electrons. The molecule has 1 aliphatic rings. The van der Waals surface area contributed by atoms with Gasteiger partial charge in [-0.25, -0.2) is 0 Å². The molecule has 2 rings (SSSR count). The molecular weight excluding hydrogens is 242 g/mol. The van der Waals surface area contributed by atoms with Crippen LogP contribution in [-0.2, 0) is 4.79 Å². The molecule has 1 amide bonds. The van der Waals surface area contributed by atoms with Gasteiger partial charge in [0.15, 0.2) is 5.43 Å². The number of aromatic nitrogens is 1. The molecule has 0 spiro atoms. The Morgan fingerprint density at radius 2 is 2.05 bits per heavy atom. The Kier molecular flexibility index (Phi) is 4.74. The van der Waals surface area contributed by atoms with E-state index >= 15 is 0 Å². The second-order valence-corrected chi connectivity index (χ2v) is 4.83. The highest BCUT2D eigenvalue weighted by Crippen LogP contribution is 2.15. The van der Waals surface area contributed by atoms with Gasteiger partial charge in [-0.15, -0.1) is 0 Å². The van der Waals surface area contributed by atoms with Crippen LogP contribution in [0.3, 0.4) is 0 Å². The van der Waals surface area contributed by atoms with E-state index in [4.69, 9.17) is 0 Å². The van der Waals surface area contributed by atoms with Gasteiger partial charge in [0.25, 0.3) is 0 Å². The lowest BCUT2D eigenvalue weighted by molar-refractivity contribution is -0.134. The largest absolute Gasteiger partial charge is 0.342 e. The van der Waals surface area contributed by atoms with Crippen LogP contribution in [0.25, 0.3) is 0 Å². The fraction of sp³-hybridized carbons (Fsp3) is 0.571. The Morgan fingerprint density at radius 1 is 1.32 bits per heavy atom. The third kappa shape index (κ3) is 3.44. The second kappa shape index (κ2) is 6.52. The van der Waals surface area contributed by atoms with Gasteiger partial charge in [0.1, 0.15) is 6.04 Å². The summed E-state index contributed by atoms with van der Waals surface area (Å²) in [6, 6.07) is 2.79. The van der Waals surface area contributed by atoms with Crippen LogP contribution in [0.4, 0.5) is 0 Å². The van der Waals surface area contributed by atoms with Crippen molar-refractivity contribution in [2.45, 2.75) is 25.8 Å². The number of carbonyl (C=O) groups excluding carboxylic acids is 1. The highest BCUT2D eigenvalue weighted by Gasteiger charge is 2.24. The van der Waals surface area contributed by atoms with Gasteiger partial charge < -0.3 is 14.8 Å². The molecule has 1 unspecified atom stereocenters. The van der Waals surface area contributed by atoms with Gasteiger partial charge in [-0.2, -0.15) is 0 Å². The van der Waals surface area contributed by atoms with Gasteiger partial charge in [-0.1, -0.05) is 6.92 Å². The van der Waals surface area contributed by atoms with Gasteiger partial charge in [0.05, 0.1) is 0 Å². The van der Waals surface area contributed by atoms with E-state index in [1.54, 1.807) is 12.4 Å². The van der Waals surface area contributed by atoms with Crippen LogP contribution in [-0.4, -0.2) is 41.6 Å². The first kappa shape index (κ1) is 13.8. The SMILES string of the molecule is CCC(C(=O)N1CCCNCC1)n1ccc(=O)cc1. The van der Waals surface area contributed by atoms with Crippen LogP contribution >= 0.6 is 0 Å². The van der Waals surface area contributed by atoms with Crippen molar-refractivity contribution in [3.05, 3.63) is 34.7 Å². The molecule has 0 saturated carbocycles. The quantitative estimate of drug-likeness (QED) is 0.870. The lowest BCUT2D eigenvalue weighted by atomic mass is 10.1. The summed E-state index contributed by atoms with van der Waals surface area (Å²) in [6.45, 7) is 5.39. The zero-order valence-corrected chi connectivity index (χ0v) is 11.3. The molecular formula is C14H21N3O2. The molecule has 5 nitrogen and oxygen atoms in total. The van der Waals surface area contributed by atoms with E-state index in [-0.39, 0.29) is 17.4 Å². The highest BCUT2D eigenvalue weighted by molar-refractivity contribution is 5.80. The van der Waals surface area contributed by atoms with Crippen molar-refractivity contribution in [2.24, 2.45) is 0 Å². The maximum atomic E-state index is 12.6. The summed E-state index contributed by atoms with van der Waals surface area (Å²) in [7, 11) is 0. The van der Waals surface area contributed by atoms with E-state index in [1.807, 2.05) is 16.4 Å². The van der Waals surface area contributed by atoms with E-state index in [2.05, 4.69) is 5.32 Å². The number of carbonyl (C=O) groups is 1. The molecule has 0 bridgehead atoms. The molecule has 1 saturated heterocycles. The minimum absolute atomic E-state index is 0.0301. The predicted octanol–water partition coefficient (Wildman–Crippen LogP) is 0.621. The fourth-order valence-electron chi connectivity index (χ4n) is 2.42. The van der Waals surface area contributed by atoms with Crippen molar-refractivity contribution < 1.29 is 4.79 Å². The summed E-state index contributed by atoms with van der Waals surface area (Å²) in [5.74, 6) is 0.148. The van der Waals surface area contributed by atoms with Crippen molar-refractivity contribution in [3.8, 4) is 0 Å². The standard InChI is InChI=1S/C14H21N3O2/c1-2-13(16-9-4-12(18)5-10-16)14(19)17-8-3-6-15-7-11-17/h4-5,9-10,13,15H,2-3,6-8,11H2,1H3. The molecule has 19 heavy (non-hydrogen) atoms. The summed E-state index contributed by atoms with van der Waals surface area (Å²) >= 11 is 0. The average molecular weight is 263 g/mol. The number of hydrogen-bond donors (Lipinski definition) is 1. The number of pyridine rings is 1. The van der Waals surface area contributed by atoms with Crippen molar-refractivity contribution >= 4 is 5.91 Å². The Balaban J connectivity index is 2.13. The first-order valence-corrected chi connectivity index (χ1v) is 6.89. The normalized spacial score (nSPS) is 17.8. The monoisotopic (exact) mass is 263 g/mol. The lowest BCUT2D eigenvalue weighted by Crippen LogP contribution is -2.39. The number of amides is 1. The number of rotatable bonds is 3. The Hall–Kier alpha value is -1.62. The molecule has 1 fully saturated rings. The molecule has 0 aromatic carbocycles. The predicted molar refractivity (Wildman–Crippen MR) is 74.1 cm³/mol. The molecule has 0 radical (unpaired) electrons. The average Bonchev–Trinajstić information content (AvgIpc) is 2.70. The maximum absolute atomic E-state index is 12.6. The van der Waals surface area contributed by atoms with Crippen LogP contribution in [0.15, 0.2) is 29.3 Å². The Morgan fingerprint density at radius 3 is 2.74 bits per heavy atom. The molecule has 1 aliphatic heterocycles. The summed E-state index contributed by atoms with van der Waals surface area (Å²) in [4.78, 5) is 25.6. The Bertz CT molecular complexity index is 455. The molecule has 1 N–H and O–H groups in total.